The number of carbonyl (C=O) groups is 1. The first-order valence-electron chi connectivity index (χ1n) is 11.0. The van der Waals surface area contributed by atoms with Crippen molar-refractivity contribution in [3.05, 3.63) is 93.2 Å². The summed E-state index contributed by atoms with van der Waals surface area (Å²) in [5.41, 5.74) is 9.43. The van der Waals surface area contributed by atoms with Gasteiger partial charge >= 0.3 is 5.97 Å². The first-order chi connectivity index (χ1) is 14.9. The second kappa shape index (κ2) is 8.46. The number of carboxylic acids is 1. The van der Waals surface area contributed by atoms with Crippen LogP contribution in [-0.2, 0) is 0 Å². The molecule has 0 heterocycles. The number of benzene rings is 2. The van der Waals surface area contributed by atoms with Crippen molar-refractivity contribution in [3.8, 4) is 0 Å². The maximum Gasteiger partial charge on any atom is 0.335 e. The Morgan fingerprint density at radius 1 is 1.00 bits per heavy atom. The molecule has 3 N–H and O–H groups in total. The molecule has 2 aliphatic rings. The number of anilines is 1. The molecule has 0 aromatic heterocycles. The summed E-state index contributed by atoms with van der Waals surface area (Å²) in [6.07, 6.45) is 6.79. The predicted octanol–water partition coefficient (Wildman–Crippen LogP) is 5.72. The maximum absolute atomic E-state index is 12.1. The highest BCUT2D eigenvalue weighted by atomic mass is 16.4. The zero-order chi connectivity index (χ0) is 22.1. The molecule has 2 aromatic rings. The van der Waals surface area contributed by atoms with Gasteiger partial charge < -0.3 is 15.7 Å². The monoisotopic (exact) mass is 414 g/mol. The Morgan fingerprint density at radius 3 is 2.45 bits per heavy atom. The van der Waals surface area contributed by atoms with Crippen LogP contribution in [0.25, 0.3) is 6.08 Å². The fraction of sp³-hybridized carbons (Fsp3) is 0.296. The summed E-state index contributed by atoms with van der Waals surface area (Å²) in [6.45, 7) is 10.2. The summed E-state index contributed by atoms with van der Waals surface area (Å²) in [5.74, 6) is -0.833. The van der Waals surface area contributed by atoms with Crippen LogP contribution in [0.3, 0.4) is 0 Å². The fourth-order valence-electron chi connectivity index (χ4n) is 4.86. The van der Waals surface area contributed by atoms with Gasteiger partial charge in [0.25, 0.3) is 0 Å². The smallest absolute Gasteiger partial charge is 0.335 e. The molecule has 2 atom stereocenters. The zero-order valence-electron chi connectivity index (χ0n) is 18.6. The minimum Gasteiger partial charge on any atom is -0.478 e. The minimum absolute atomic E-state index is 0.0500. The number of hydrogen-bond donors (Lipinski definition) is 3. The number of nitrogens with one attached hydrogen (secondary N) is 2. The number of allylic oxidation sites excluding steroid dienone is 4. The maximum atomic E-state index is 12.1. The predicted molar refractivity (Wildman–Crippen MR) is 128 cm³/mol. The summed E-state index contributed by atoms with van der Waals surface area (Å²) < 4.78 is 0. The van der Waals surface area contributed by atoms with Crippen molar-refractivity contribution in [2.45, 2.75) is 33.6 Å². The number of hydrogen-bond acceptors (Lipinski definition) is 3. The Balaban J connectivity index is 1.96. The molecule has 0 fully saturated rings. The minimum atomic E-state index is -0.880. The topological polar surface area (TPSA) is 61.4 Å². The van der Waals surface area contributed by atoms with Gasteiger partial charge in [0.05, 0.1) is 5.56 Å². The highest BCUT2D eigenvalue weighted by molar-refractivity contribution is 5.90. The summed E-state index contributed by atoms with van der Waals surface area (Å²) in [6, 6.07) is 11.9. The van der Waals surface area contributed by atoms with E-state index >= 15 is 0 Å². The van der Waals surface area contributed by atoms with Crippen molar-refractivity contribution in [2.75, 3.05) is 18.4 Å². The van der Waals surface area contributed by atoms with Crippen LogP contribution < -0.4 is 10.6 Å². The molecule has 0 radical (unpaired) electrons. The standard InChI is InChI=1S/C27H30N2O2/c1-5-28-24-14-18-13-19-15-25(29-6-2)17(4)12-23(19)26(22(18)11-16(24)3)20-9-7-8-10-21(20)27(30)31/h7-15,22,26,28-29H,5-6H2,1-4H3,(H,30,31). The lowest BCUT2D eigenvalue weighted by molar-refractivity contribution is 0.0695. The first-order valence-corrected chi connectivity index (χ1v) is 11.0. The Morgan fingerprint density at radius 2 is 1.74 bits per heavy atom. The molecule has 0 bridgehead atoms. The molecule has 0 amide bonds. The van der Waals surface area contributed by atoms with Gasteiger partial charge in [-0.05, 0) is 79.3 Å². The zero-order valence-corrected chi connectivity index (χ0v) is 18.6. The number of fused-ring (bicyclic) bond motifs is 2. The average Bonchev–Trinajstić information content (AvgIpc) is 2.74. The van der Waals surface area contributed by atoms with Gasteiger partial charge in [-0.2, -0.15) is 0 Å². The molecule has 2 unspecified atom stereocenters. The van der Waals surface area contributed by atoms with Crippen LogP contribution in [0.5, 0.6) is 0 Å². The molecule has 0 saturated carbocycles. The van der Waals surface area contributed by atoms with E-state index in [1.807, 2.05) is 12.1 Å². The van der Waals surface area contributed by atoms with E-state index in [-0.39, 0.29) is 11.8 Å². The molecule has 2 aromatic carbocycles. The SMILES string of the molecule is CCNC1=CC2=Cc3cc(NCC)c(C)cc3C(c3ccccc3C(=O)O)C2C=C1C. The lowest BCUT2D eigenvalue weighted by Crippen LogP contribution is -2.26. The summed E-state index contributed by atoms with van der Waals surface area (Å²) in [4.78, 5) is 12.1. The molecular weight excluding hydrogens is 384 g/mol. The highest BCUT2D eigenvalue weighted by Crippen LogP contribution is 2.48. The summed E-state index contributed by atoms with van der Waals surface area (Å²) >= 11 is 0. The largest absolute Gasteiger partial charge is 0.478 e. The van der Waals surface area contributed by atoms with Gasteiger partial charge in [-0.1, -0.05) is 36.4 Å². The van der Waals surface area contributed by atoms with E-state index < -0.39 is 5.97 Å². The Bertz CT molecular complexity index is 1120. The first kappa shape index (κ1) is 21.0. The molecule has 4 heteroatoms. The van der Waals surface area contributed by atoms with E-state index in [9.17, 15) is 9.90 Å². The second-order valence-electron chi connectivity index (χ2n) is 8.30. The number of carboxylic acid groups (broad SMARTS) is 1. The number of rotatable bonds is 6. The van der Waals surface area contributed by atoms with Gasteiger partial charge in [0.1, 0.15) is 0 Å². The third-order valence-corrected chi connectivity index (χ3v) is 6.26. The number of aryl methyl sites for hydroxylation is 1. The van der Waals surface area contributed by atoms with Crippen molar-refractivity contribution in [2.24, 2.45) is 5.92 Å². The normalized spacial score (nSPS) is 19.4. The molecule has 0 aliphatic heterocycles. The van der Waals surface area contributed by atoms with E-state index in [4.69, 9.17) is 0 Å². The van der Waals surface area contributed by atoms with E-state index in [0.29, 0.717) is 5.56 Å². The van der Waals surface area contributed by atoms with Crippen LogP contribution in [0.15, 0.2) is 65.4 Å². The van der Waals surface area contributed by atoms with Gasteiger partial charge in [0.2, 0.25) is 0 Å². The van der Waals surface area contributed by atoms with Gasteiger partial charge in [-0.3, -0.25) is 0 Å². The number of likely N-dealkylation sites (N-methyl/N-ethyl adjacent to an activating group) is 1. The van der Waals surface area contributed by atoms with Crippen molar-refractivity contribution < 1.29 is 9.90 Å². The third-order valence-electron chi connectivity index (χ3n) is 6.26. The van der Waals surface area contributed by atoms with Crippen LogP contribution in [-0.4, -0.2) is 24.2 Å². The lowest BCUT2D eigenvalue weighted by Gasteiger charge is -2.36. The van der Waals surface area contributed by atoms with Crippen molar-refractivity contribution >= 4 is 17.7 Å². The van der Waals surface area contributed by atoms with Crippen molar-refractivity contribution in [1.82, 2.24) is 5.32 Å². The molecule has 0 spiro atoms. The highest BCUT2D eigenvalue weighted by Gasteiger charge is 2.35. The Kier molecular flexibility index (Phi) is 5.73. The van der Waals surface area contributed by atoms with Crippen LogP contribution in [0.1, 0.15) is 59.3 Å². The molecule has 4 rings (SSSR count). The molecule has 31 heavy (non-hydrogen) atoms. The van der Waals surface area contributed by atoms with E-state index in [1.54, 1.807) is 12.1 Å². The van der Waals surface area contributed by atoms with Gasteiger partial charge in [0.15, 0.2) is 0 Å². The van der Waals surface area contributed by atoms with Crippen LogP contribution >= 0.6 is 0 Å². The second-order valence-corrected chi connectivity index (χ2v) is 8.30. The molecular formula is C27H30N2O2. The third kappa shape index (κ3) is 3.78. The summed E-state index contributed by atoms with van der Waals surface area (Å²) in [5, 5.41) is 16.8. The molecule has 4 nitrogen and oxygen atoms in total. The van der Waals surface area contributed by atoms with Gasteiger partial charge in [-0.25, -0.2) is 4.79 Å². The van der Waals surface area contributed by atoms with E-state index in [2.05, 4.69) is 68.7 Å². The van der Waals surface area contributed by atoms with Crippen LogP contribution in [0.4, 0.5) is 5.69 Å². The van der Waals surface area contributed by atoms with E-state index in [0.717, 1.165) is 35.6 Å². The Hall–Kier alpha value is -3.27. The molecule has 2 aliphatic carbocycles. The van der Waals surface area contributed by atoms with Crippen molar-refractivity contribution in [3.63, 3.8) is 0 Å². The molecule has 160 valence electrons. The Labute approximate surface area is 184 Å². The lowest BCUT2D eigenvalue weighted by atomic mass is 9.68. The summed E-state index contributed by atoms with van der Waals surface area (Å²) in [7, 11) is 0. The van der Waals surface area contributed by atoms with E-state index in [1.165, 1.54) is 22.3 Å². The molecule has 0 saturated heterocycles. The fourth-order valence-corrected chi connectivity index (χ4v) is 4.86. The van der Waals surface area contributed by atoms with Crippen LogP contribution in [0.2, 0.25) is 0 Å². The quantitative estimate of drug-likeness (QED) is 0.565. The van der Waals surface area contributed by atoms with Crippen LogP contribution in [0, 0.1) is 12.8 Å². The number of aromatic carboxylic acids is 1. The van der Waals surface area contributed by atoms with Gasteiger partial charge in [-0.15, -0.1) is 0 Å². The van der Waals surface area contributed by atoms with Crippen molar-refractivity contribution in [1.29, 1.82) is 0 Å². The van der Waals surface area contributed by atoms with Gasteiger partial charge in [0, 0.05) is 36.3 Å². The average molecular weight is 415 g/mol.